The third kappa shape index (κ3) is 9.74. The Balaban J connectivity index is 1.65. The van der Waals surface area contributed by atoms with E-state index < -0.39 is 15.9 Å². The molecule has 2 heterocycles. The first-order valence-electron chi connectivity index (χ1n) is 15.0. The Morgan fingerprint density at radius 1 is 1.02 bits per heavy atom. The van der Waals surface area contributed by atoms with E-state index >= 15 is 0 Å². The molecule has 1 aromatic heterocycles. The SMILES string of the molecule is CCC(=O)N[C@@H](Cc1nc2ccc(C(C)C)cc2s1)C(=O)N[C@H](CNC(=O)C(C)CN1CCS(=O)(=O)CC1)[C@@H](C)CC. The molecular weight excluding hydrogens is 574 g/mol. The Morgan fingerprint density at radius 3 is 2.33 bits per heavy atom. The topological polar surface area (TPSA) is 138 Å². The van der Waals surface area contributed by atoms with Crippen LogP contribution in [0.1, 0.15) is 70.9 Å². The minimum absolute atomic E-state index is 0.0799. The molecular formula is C30H47N5O5S2. The van der Waals surface area contributed by atoms with Gasteiger partial charge in [-0.15, -0.1) is 11.3 Å². The van der Waals surface area contributed by atoms with Gasteiger partial charge in [0.05, 0.1) is 26.7 Å². The number of amides is 3. The normalized spacial score (nSPS) is 18.3. The van der Waals surface area contributed by atoms with Gasteiger partial charge in [0.15, 0.2) is 9.84 Å². The quantitative estimate of drug-likeness (QED) is 0.295. The number of nitrogens with one attached hydrogen (secondary N) is 3. The summed E-state index contributed by atoms with van der Waals surface area (Å²) in [5, 5.41) is 9.72. The van der Waals surface area contributed by atoms with Gasteiger partial charge in [-0.3, -0.25) is 14.4 Å². The lowest BCUT2D eigenvalue weighted by Crippen LogP contribution is -2.55. The molecule has 0 aliphatic carbocycles. The summed E-state index contributed by atoms with van der Waals surface area (Å²) in [4.78, 5) is 45.6. The summed E-state index contributed by atoms with van der Waals surface area (Å²) in [5.74, 6) is -0.275. The molecule has 1 fully saturated rings. The fourth-order valence-electron chi connectivity index (χ4n) is 4.87. The highest BCUT2D eigenvalue weighted by Crippen LogP contribution is 2.27. The monoisotopic (exact) mass is 621 g/mol. The van der Waals surface area contributed by atoms with Crippen LogP contribution in [0.5, 0.6) is 0 Å². The molecule has 1 aromatic carbocycles. The van der Waals surface area contributed by atoms with E-state index in [4.69, 9.17) is 4.98 Å². The molecule has 3 rings (SSSR count). The molecule has 10 nitrogen and oxygen atoms in total. The number of hydrogen-bond donors (Lipinski definition) is 3. The van der Waals surface area contributed by atoms with Gasteiger partial charge < -0.3 is 20.9 Å². The second kappa shape index (κ2) is 15.2. The third-order valence-electron chi connectivity index (χ3n) is 8.05. The summed E-state index contributed by atoms with van der Waals surface area (Å²) in [6.45, 7) is 13.5. The van der Waals surface area contributed by atoms with E-state index in [1.807, 2.05) is 31.7 Å². The van der Waals surface area contributed by atoms with Crippen LogP contribution in [0, 0.1) is 11.8 Å². The van der Waals surface area contributed by atoms with Crippen molar-refractivity contribution in [2.45, 2.75) is 78.8 Å². The van der Waals surface area contributed by atoms with E-state index in [0.29, 0.717) is 25.6 Å². The summed E-state index contributed by atoms with van der Waals surface area (Å²) in [7, 11) is -2.98. The van der Waals surface area contributed by atoms with Crippen LogP contribution in [0.2, 0.25) is 0 Å². The lowest BCUT2D eigenvalue weighted by Gasteiger charge is -2.30. The van der Waals surface area contributed by atoms with Crippen molar-refractivity contribution in [2.24, 2.45) is 11.8 Å². The smallest absolute Gasteiger partial charge is 0.243 e. The Labute approximate surface area is 254 Å². The molecule has 234 valence electrons. The number of rotatable bonds is 14. The lowest BCUT2D eigenvalue weighted by atomic mass is 9.98. The zero-order valence-electron chi connectivity index (χ0n) is 25.7. The van der Waals surface area contributed by atoms with Crippen LogP contribution in [0.4, 0.5) is 0 Å². The number of sulfone groups is 1. The fraction of sp³-hybridized carbons (Fsp3) is 0.667. The second-order valence-electron chi connectivity index (χ2n) is 11.8. The molecule has 0 saturated carbocycles. The average Bonchev–Trinajstić information content (AvgIpc) is 3.36. The van der Waals surface area contributed by atoms with Crippen LogP contribution < -0.4 is 16.0 Å². The summed E-state index contributed by atoms with van der Waals surface area (Å²) in [6.07, 6.45) is 1.32. The number of aromatic nitrogens is 1. The Bertz CT molecular complexity index is 1330. The van der Waals surface area contributed by atoms with Gasteiger partial charge in [0.2, 0.25) is 17.7 Å². The highest BCUT2D eigenvalue weighted by molar-refractivity contribution is 7.91. The molecule has 1 aliphatic heterocycles. The van der Waals surface area contributed by atoms with Crippen molar-refractivity contribution in [2.75, 3.05) is 37.7 Å². The molecule has 42 heavy (non-hydrogen) atoms. The van der Waals surface area contributed by atoms with Crippen molar-refractivity contribution < 1.29 is 22.8 Å². The minimum atomic E-state index is -2.98. The first-order valence-corrected chi connectivity index (χ1v) is 17.6. The van der Waals surface area contributed by atoms with Crippen molar-refractivity contribution in [3.05, 3.63) is 28.8 Å². The predicted octanol–water partition coefficient (Wildman–Crippen LogP) is 2.87. The molecule has 0 radical (unpaired) electrons. The molecule has 2 aromatic rings. The summed E-state index contributed by atoms with van der Waals surface area (Å²) >= 11 is 1.53. The van der Waals surface area contributed by atoms with Crippen LogP contribution in [-0.4, -0.2) is 85.8 Å². The zero-order valence-corrected chi connectivity index (χ0v) is 27.4. The molecule has 12 heteroatoms. The molecule has 4 atom stereocenters. The minimum Gasteiger partial charge on any atom is -0.354 e. The second-order valence-corrected chi connectivity index (χ2v) is 15.2. The molecule has 3 N–H and O–H groups in total. The van der Waals surface area contributed by atoms with Crippen molar-refractivity contribution in [3.8, 4) is 0 Å². The van der Waals surface area contributed by atoms with E-state index in [1.54, 1.807) is 6.92 Å². The van der Waals surface area contributed by atoms with Gasteiger partial charge in [-0.25, -0.2) is 13.4 Å². The molecule has 0 bridgehead atoms. The molecule has 0 spiro atoms. The summed E-state index contributed by atoms with van der Waals surface area (Å²) in [5.41, 5.74) is 2.10. The average molecular weight is 622 g/mol. The van der Waals surface area contributed by atoms with Gasteiger partial charge in [0.1, 0.15) is 6.04 Å². The summed E-state index contributed by atoms with van der Waals surface area (Å²) in [6, 6.07) is 5.09. The number of hydrogen-bond acceptors (Lipinski definition) is 8. The number of carbonyl (C=O) groups excluding carboxylic acids is 3. The van der Waals surface area contributed by atoms with E-state index in [-0.39, 0.29) is 66.5 Å². The van der Waals surface area contributed by atoms with Gasteiger partial charge in [-0.1, -0.05) is 54.0 Å². The first kappa shape index (κ1) is 33.9. The van der Waals surface area contributed by atoms with E-state index in [0.717, 1.165) is 21.6 Å². The van der Waals surface area contributed by atoms with Gasteiger partial charge in [0.25, 0.3) is 0 Å². The van der Waals surface area contributed by atoms with Gasteiger partial charge in [-0.05, 0) is 29.5 Å². The maximum atomic E-state index is 13.6. The molecule has 3 amide bonds. The van der Waals surface area contributed by atoms with Crippen LogP contribution >= 0.6 is 11.3 Å². The lowest BCUT2D eigenvalue weighted by molar-refractivity contribution is -0.129. The van der Waals surface area contributed by atoms with Crippen molar-refractivity contribution in [1.29, 1.82) is 0 Å². The number of fused-ring (bicyclic) bond motifs is 1. The maximum absolute atomic E-state index is 13.6. The van der Waals surface area contributed by atoms with Crippen LogP contribution in [-0.2, 0) is 30.6 Å². The number of benzene rings is 1. The number of nitrogens with zero attached hydrogens (tertiary/aromatic N) is 2. The van der Waals surface area contributed by atoms with Crippen molar-refractivity contribution >= 4 is 49.1 Å². The van der Waals surface area contributed by atoms with E-state index in [9.17, 15) is 22.8 Å². The van der Waals surface area contributed by atoms with Gasteiger partial charge in [0, 0.05) is 51.0 Å². The van der Waals surface area contributed by atoms with Crippen molar-refractivity contribution in [3.63, 3.8) is 0 Å². The van der Waals surface area contributed by atoms with Crippen LogP contribution in [0.15, 0.2) is 18.2 Å². The Kier molecular flexibility index (Phi) is 12.3. The first-order chi connectivity index (χ1) is 19.8. The maximum Gasteiger partial charge on any atom is 0.243 e. The van der Waals surface area contributed by atoms with E-state index in [1.165, 1.54) is 16.9 Å². The van der Waals surface area contributed by atoms with Crippen LogP contribution in [0.25, 0.3) is 10.2 Å². The largest absolute Gasteiger partial charge is 0.354 e. The highest BCUT2D eigenvalue weighted by Gasteiger charge is 2.28. The third-order valence-corrected chi connectivity index (χ3v) is 10.7. The van der Waals surface area contributed by atoms with Crippen molar-refractivity contribution in [1.82, 2.24) is 25.8 Å². The Hall–Kier alpha value is -2.57. The fourth-order valence-corrected chi connectivity index (χ4v) is 7.20. The zero-order chi connectivity index (χ0) is 31.0. The molecule has 1 saturated heterocycles. The predicted molar refractivity (Wildman–Crippen MR) is 168 cm³/mol. The van der Waals surface area contributed by atoms with E-state index in [2.05, 4.69) is 41.9 Å². The number of carbonyl (C=O) groups is 3. The van der Waals surface area contributed by atoms with Gasteiger partial charge in [-0.2, -0.15) is 0 Å². The molecule has 1 unspecified atom stereocenters. The number of thiazole rings is 1. The standard InChI is InChI=1S/C30H47N5O5S2/c1-7-20(5)25(17-31-29(37)21(6)18-35-11-13-42(39,40)14-12-35)34-30(38)24(32-27(36)8-2)16-28-33-23-10-9-22(19(3)4)15-26(23)41-28/h9-10,15,19-21,24-25H,7-8,11-14,16-18H2,1-6H3,(H,31,37)(H,32,36)(H,34,38)/t20-,21?,24-,25+/m0/s1. The van der Waals surface area contributed by atoms with Gasteiger partial charge >= 0.3 is 0 Å². The molecule has 1 aliphatic rings. The van der Waals surface area contributed by atoms with Crippen LogP contribution in [0.3, 0.4) is 0 Å². The summed E-state index contributed by atoms with van der Waals surface area (Å²) < 4.78 is 24.5. The highest BCUT2D eigenvalue weighted by atomic mass is 32.2. The Morgan fingerprint density at radius 2 is 1.71 bits per heavy atom.